The van der Waals surface area contributed by atoms with Gasteiger partial charge in [-0.3, -0.25) is 4.90 Å². The lowest BCUT2D eigenvalue weighted by Crippen LogP contribution is -2.26. The summed E-state index contributed by atoms with van der Waals surface area (Å²) in [5.41, 5.74) is 6.69. The Balaban J connectivity index is 1.81. The van der Waals surface area contributed by atoms with Gasteiger partial charge in [-0.2, -0.15) is 0 Å². The Morgan fingerprint density at radius 3 is 2.41 bits per heavy atom. The standard InChI is InChI=1S/C24H22N2O3/c1-28-18-12-10-17(11-13-18)21-19-8-5-9-20(19)25-23(26-14-15-29-24(26)27)22(21)16-6-3-2-4-7-16/h2-4,6-7,10-13H,5,8-9,14-15H2,1H3. The first-order valence-electron chi connectivity index (χ1n) is 9.96. The van der Waals surface area contributed by atoms with Gasteiger partial charge in [0.2, 0.25) is 0 Å². The fourth-order valence-electron chi connectivity index (χ4n) is 4.30. The van der Waals surface area contributed by atoms with Gasteiger partial charge in [-0.1, -0.05) is 42.5 Å². The van der Waals surface area contributed by atoms with E-state index in [1.165, 1.54) is 5.56 Å². The molecule has 1 amide bonds. The summed E-state index contributed by atoms with van der Waals surface area (Å²) < 4.78 is 10.6. The first-order chi connectivity index (χ1) is 14.3. The van der Waals surface area contributed by atoms with Gasteiger partial charge < -0.3 is 9.47 Å². The van der Waals surface area contributed by atoms with Gasteiger partial charge in [0.05, 0.1) is 13.7 Å². The Morgan fingerprint density at radius 2 is 1.72 bits per heavy atom. The molecule has 29 heavy (non-hydrogen) atoms. The van der Waals surface area contributed by atoms with Crippen LogP contribution in [0.3, 0.4) is 0 Å². The fraction of sp³-hybridized carbons (Fsp3) is 0.250. The highest BCUT2D eigenvalue weighted by Gasteiger charge is 2.32. The molecular formula is C24H22N2O3. The minimum absolute atomic E-state index is 0.326. The average molecular weight is 386 g/mol. The Kier molecular flexibility index (Phi) is 4.43. The van der Waals surface area contributed by atoms with E-state index in [1.807, 2.05) is 30.3 Å². The van der Waals surface area contributed by atoms with Gasteiger partial charge in [-0.25, -0.2) is 9.78 Å². The second-order valence-electron chi connectivity index (χ2n) is 7.32. The Bertz CT molecular complexity index is 1060. The Morgan fingerprint density at radius 1 is 0.966 bits per heavy atom. The summed E-state index contributed by atoms with van der Waals surface area (Å²) in [7, 11) is 1.67. The number of cyclic esters (lactones) is 1. The van der Waals surface area contributed by atoms with Crippen LogP contribution >= 0.6 is 0 Å². The van der Waals surface area contributed by atoms with Crippen molar-refractivity contribution in [1.29, 1.82) is 0 Å². The summed E-state index contributed by atoms with van der Waals surface area (Å²) in [5.74, 6) is 1.52. The van der Waals surface area contributed by atoms with E-state index in [0.717, 1.165) is 53.0 Å². The van der Waals surface area contributed by atoms with Crippen LogP contribution in [0.5, 0.6) is 5.75 Å². The lowest BCUT2D eigenvalue weighted by Gasteiger charge is -2.23. The molecule has 146 valence electrons. The number of fused-ring (bicyclic) bond motifs is 1. The van der Waals surface area contributed by atoms with Crippen molar-refractivity contribution < 1.29 is 14.3 Å². The highest BCUT2D eigenvalue weighted by atomic mass is 16.6. The molecular weight excluding hydrogens is 364 g/mol. The highest BCUT2D eigenvalue weighted by Crippen LogP contribution is 2.45. The smallest absolute Gasteiger partial charge is 0.415 e. The number of anilines is 1. The quantitative estimate of drug-likeness (QED) is 0.642. The molecule has 1 saturated heterocycles. The molecule has 0 atom stereocenters. The molecule has 3 aromatic rings. The minimum atomic E-state index is -0.326. The van der Waals surface area contributed by atoms with Gasteiger partial charge in [0, 0.05) is 11.3 Å². The minimum Gasteiger partial charge on any atom is -0.497 e. The predicted octanol–water partition coefficient (Wildman–Crippen LogP) is 4.87. The van der Waals surface area contributed by atoms with E-state index in [4.69, 9.17) is 14.5 Å². The average Bonchev–Trinajstić information content (AvgIpc) is 3.41. The molecule has 2 aliphatic rings. The fourth-order valence-corrected chi connectivity index (χ4v) is 4.30. The molecule has 0 spiro atoms. The van der Waals surface area contributed by atoms with Crippen molar-refractivity contribution in [2.24, 2.45) is 0 Å². The maximum absolute atomic E-state index is 12.4. The van der Waals surface area contributed by atoms with Crippen molar-refractivity contribution in [3.63, 3.8) is 0 Å². The zero-order valence-electron chi connectivity index (χ0n) is 16.4. The number of nitrogens with zero attached hydrogens (tertiary/aromatic N) is 2. The van der Waals surface area contributed by atoms with E-state index < -0.39 is 0 Å². The molecule has 5 nitrogen and oxygen atoms in total. The first kappa shape index (κ1) is 17.7. The second kappa shape index (κ2) is 7.24. The topological polar surface area (TPSA) is 51.7 Å². The molecule has 1 aliphatic heterocycles. The number of aryl methyl sites for hydroxylation is 1. The largest absolute Gasteiger partial charge is 0.497 e. The van der Waals surface area contributed by atoms with Crippen LogP contribution in [0.2, 0.25) is 0 Å². The van der Waals surface area contributed by atoms with Crippen LogP contribution in [0.4, 0.5) is 10.6 Å². The molecule has 0 saturated carbocycles. The van der Waals surface area contributed by atoms with E-state index in [2.05, 4.69) is 24.3 Å². The summed E-state index contributed by atoms with van der Waals surface area (Å²) >= 11 is 0. The van der Waals surface area contributed by atoms with Crippen LogP contribution in [0.1, 0.15) is 17.7 Å². The van der Waals surface area contributed by atoms with Gasteiger partial charge in [0.1, 0.15) is 18.2 Å². The number of carbonyl (C=O) groups excluding carboxylic acids is 1. The van der Waals surface area contributed by atoms with E-state index >= 15 is 0 Å². The lowest BCUT2D eigenvalue weighted by molar-refractivity contribution is 0.181. The summed E-state index contributed by atoms with van der Waals surface area (Å²) in [6, 6.07) is 18.3. The molecule has 1 aromatic heterocycles. The van der Waals surface area contributed by atoms with Crippen LogP contribution in [0.15, 0.2) is 54.6 Å². The van der Waals surface area contributed by atoms with Crippen LogP contribution in [0.25, 0.3) is 22.3 Å². The van der Waals surface area contributed by atoms with Crippen molar-refractivity contribution in [2.45, 2.75) is 19.3 Å². The van der Waals surface area contributed by atoms with E-state index in [1.54, 1.807) is 12.0 Å². The Labute approximate surface area is 169 Å². The second-order valence-corrected chi connectivity index (χ2v) is 7.32. The number of rotatable bonds is 4. The van der Waals surface area contributed by atoms with Crippen LogP contribution < -0.4 is 9.64 Å². The molecule has 0 radical (unpaired) electrons. The molecule has 5 heteroatoms. The molecule has 2 aromatic carbocycles. The molecule has 5 rings (SSSR count). The molecule has 2 heterocycles. The summed E-state index contributed by atoms with van der Waals surface area (Å²) in [6.07, 6.45) is 2.68. The number of amides is 1. The third-order valence-electron chi connectivity index (χ3n) is 5.66. The van der Waals surface area contributed by atoms with Gasteiger partial charge in [0.15, 0.2) is 0 Å². The predicted molar refractivity (Wildman–Crippen MR) is 112 cm³/mol. The van der Waals surface area contributed by atoms with Gasteiger partial charge in [-0.15, -0.1) is 0 Å². The van der Waals surface area contributed by atoms with Gasteiger partial charge in [0.25, 0.3) is 0 Å². The van der Waals surface area contributed by atoms with Crippen molar-refractivity contribution in [2.75, 3.05) is 25.2 Å². The van der Waals surface area contributed by atoms with Crippen molar-refractivity contribution in [3.05, 3.63) is 65.9 Å². The van der Waals surface area contributed by atoms with Gasteiger partial charge in [-0.05, 0) is 53.6 Å². The zero-order chi connectivity index (χ0) is 19.8. The summed E-state index contributed by atoms with van der Waals surface area (Å²) in [6.45, 7) is 0.913. The number of ether oxygens (including phenoxy) is 2. The van der Waals surface area contributed by atoms with Crippen molar-refractivity contribution in [3.8, 4) is 28.0 Å². The number of hydrogen-bond donors (Lipinski definition) is 0. The van der Waals surface area contributed by atoms with Gasteiger partial charge >= 0.3 is 6.09 Å². The SMILES string of the molecule is COc1ccc(-c2c3c(nc(N4CCOC4=O)c2-c2ccccc2)CCC3)cc1. The first-order valence-corrected chi connectivity index (χ1v) is 9.96. The normalized spacial score (nSPS) is 15.3. The Hall–Kier alpha value is -3.34. The van der Waals surface area contributed by atoms with E-state index in [0.29, 0.717) is 19.0 Å². The van der Waals surface area contributed by atoms with E-state index in [9.17, 15) is 4.79 Å². The van der Waals surface area contributed by atoms with Crippen LogP contribution in [-0.2, 0) is 17.6 Å². The van der Waals surface area contributed by atoms with E-state index in [-0.39, 0.29) is 6.09 Å². The monoisotopic (exact) mass is 386 g/mol. The highest BCUT2D eigenvalue weighted by molar-refractivity contribution is 5.99. The zero-order valence-corrected chi connectivity index (χ0v) is 16.4. The lowest BCUT2D eigenvalue weighted by atomic mass is 9.90. The number of carbonyl (C=O) groups is 1. The third kappa shape index (κ3) is 3.03. The van der Waals surface area contributed by atoms with Crippen LogP contribution in [0, 0.1) is 0 Å². The molecule has 1 aliphatic carbocycles. The third-order valence-corrected chi connectivity index (χ3v) is 5.66. The summed E-state index contributed by atoms with van der Waals surface area (Å²) in [5, 5.41) is 0. The molecule has 0 N–H and O–H groups in total. The molecule has 0 bridgehead atoms. The summed E-state index contributed by atoms with van der Waals surface area (Å²) in [4.78, 5) is 19.1. The maximum Gasteiger partial charge on any atom is 0.415 e. The number of aromatic nitrogens is 1. The van der Waals surface area contributed by atoms with Crippen molar-refractivity contribution in [1.82, 2.24) is 4.98 Å². The van der Waals surface area contributed by atoms with Crippen LogP contribution in [-0.4, -0.2) is 31.3 Å². The maximum atomic E-state index is 12.4. The number of benzene rings is 2. The van der Waals surface area contributed by atoms with Crippen molar-refractivity contribution >= 4 is 11.9 Å². The number of methoxy groups -OCH3 is 1. The molecule has 1 fully saturated rings. The molecule has 0 unspecified atom stereocenters. The number of hydrogen-bond acceptors (Lipinski definition) is 4. The number of pyridine rings is 1.